The van der Waals surface area contributed by atoms with Crippen molar-refractivity contribution in [2.24, 2.45) is 5.41 Å². The van der Waals surface area contributed by atoms with Gasteiger partial charge in [-0.05, 0) is 37.8 Å². The van der Waals surface area contributed by atoms with Gasteiger partial charge >= 0.3 is 5.97 Å². The molecule has 0 bridgehead atoms. The predicted octanol–water partition coefficient (Wildman–Crippen LogP) is 2.48. The smallest absolute Gasteiger partial charge is 0.310 e. The lowest BCUT2D eigenvalue weighted by atomic mass is 9.82. The van der Waals surface area contributed by atoms with Crippen LogP contribution in [0.3, 0.4) is 0 Å². The number of hydrogen-bond acceptors (Lipinski definition) is 6. The molecule has 21 heavy (non-hydrogen) atoms. The predicted molar refractivity (Wildman–Crippen MR) is 77.9 cm³/mol. The number of rotatable bonds is 4. The molecule has 1 fully saturated rings. The number of thiophene rings is 1. The van der Waals surface area contributed by atoms with Crippen LogP contribution in [-0.4, -0.2) is 39.3 Å². The second-order valence-electron chi connectivity index (χ2n) is 5.66. The monoisotopic (exact) mass is 307 g/mol. The standard InChI is InChI=1S/C14H17N3O3S/c1-14(13(18)19)5-3-6-17(9-14)8-11-15-16-12(20-11)10-4-2-7-21-10/h2,4,7H,3,5-6,8-9H2,1H3,(H,18,19). The number of piperidine rings is 1. The van der Waals surface area contributed by atoms with Crippen LogP contribution in [0.1, 0.15) is 25.7 Å². The molecule has 1 aliphatic heterocycles. The Bertz CT molecular complexity index is 625. The molecule has 1 atom stereocenters. The van der Waals surface area contributed by atoms with Crippen molar-refractivity contribution in [3.05, 3.63) is 23.4 Å². The van der Waals surface area contributed by atoms with E-state index >= 15 is 0 Å². The first-order valence-corrected chi connectivity index (χ1v) is 7.77. The van der Waals surface area contributed by atoms with Gasteiger partial charge in [0.25, 0.3) is 5.89 Å². The van der Waals surface area contributed by atoms with Gasteiger partial charge in [0.05, 0.1) is 16.8 Å². The molecule has 0 saturated carbocycles. The fraction of sp³-hybridized carbons (Fsp3) is 0.500. The first-order chi connectivity index (χ1) is 10.1. The Kier molecular flexibility index (Phi) is 3.77. The van der Waals surface area contributed by atoms with Crippen LogP contribution in [0.15, 0.2) is 21.9 Å². The second kappa shape index (κ2) is 5.57. The number of hydrogen-bond donors (Lipinski definition) is 1. The van der Waals surface area contributed by atoms with Gasteiger partial charge in [-0.1, -0.05) is 6.07 Å². The van der Waals surface area contributed by atoms with Crippen molar-refractivity contribution >= 4 is 17.3 Å². The molecule has 112 valence electrons. The third kappa shape index (κ3) is 2.98. The molecule has 0 aromatic carbocycles. The maximum absolute atomic E-state index is 11.4. The summed E-state index contributed by atoms with van der Waals surface area (Å²) in [5, 5.41) is 19.4. The summed E-state index contributed by atoms with van der Waals surface area (Å²) in [5.41, 5.74) is -0.686. The summed E-state index contributed by atoms with van der Waals surface area (Å²) < 4.78 is 5.66. The molecule has 0 radical (unpaired) electrons. The van der Waals surface area contributed by atoms with Crippen molar-refractivity contribution in [1.29, 1.82) is 0 Å². The van der Waals surface area contributed by atoms with Crippen LogP contribution in [-0.2, 0) is 11.3 Å². The highest BCUT2D eigenvalue weighted by Gasteiger charge is 2.38. The molecule has 6 nitrogen and oxygen atoms in total. The van der Waals surface area contributed by atoms with Crippen LogP contribution >= 0.6 is 11.3 Å². The zero-order valence-electron chi connectivity index (χ0n) is 11.8. The van der Waals surface area contributed by atoms with E-state index in [9.17, 15) is 9.90 Å². The molecule has 3 heterocycles. The number of carbonyl (C=O) groups is 1. The Morgan fingerprint density at radius 3 is 3.14 bits per heavy atom. The molecular weight excluding hydrogens is 290 g/mol. The third-order valence-electron chi connectivity index (χ3n) is 3.85. The molecule has 0 amide bonds. The van der Waals surface area contributed by atoms with Crippen molar-refractivity contribution in [3.8, 4) is 10.8 Å². The molecule has 0 spiro atoms. The molecule has 1 unspecified atom stereocenters. The van der Waals surface area contributed by atoms with E-state index in [2.05, 4.69) is 15.1 Å². The van der Waals surface area contributed by atoms with E-state index in [0.29, 0.717) is 31.3 Å². The van der Waals surface area contributed by atoms with Gasteiger partial charge in [0, 0.05) is 6.54 Å². The lowest BCUT2D eigenvalue weighted by Crippen LogP contribution is -2.45. The van der Waals surface area contributed by atoms with Crippen molar-refractivity contribution < 1.29 is 14.3 Å². The third-order valence-corrected chi connectivity index (χ3v) is 4.71. The van der Waals surface area contributed by atoms with Gasteiger partial charge in [-0.2, -0.15) is 0 Å². The second-order valence-corrected chi connectivity index (χ2v) is 6.61. The minimum absolute atomic E-state index is 0.501. The molecule has 0 aliphatic carbocycles. The normalized spacial score (nSPS) is 23.3. The first kappa shape index (κ1) is 14.2. The molecule has 1 saturated heterocycles. The molecule has 3 rings (SSSR count). The van der Waals surface area contributed by atoms with Crippen LogP contribution in [0.25, 0.3) is 10.8 Å². The highest BCUT2D eigenvalue weighted by atomic mass is 32.1. The molecule has 2 aromatic heterocycles. The van der Waals surface area contributed by atoms with Crippen LogP contribution in [0, 0.1) is 5.41 Å². The van der Waals surface area contributed by atoms with Gasteiger partial charge in [0.15, 0.2) is 0 Å². The summed E-state index contributed by atoms with van der Waals surface area (Å²) in [5.74, 6) is 0.322. The summed E-state index contributed by atoms with van der Waals surface area (Å²) in [4.78, 5) is 14.4. The Hall–Kier alpha value is -1.73. The van der Waals surface area contributed by atoms with E-state index in [0.717, 1.165) is 17.8 Å². The molecule has 7 heteroatoms. The summed E-state index contributed by atoms with van der Waals surface area (Å²) in [6.07, 6.45) is 1.58. The Morgan fingerprint density at radius 2 is 2.43 bits per heavy atom. The highest BCUT2D eigenvalue weighted by molar-refractivity contribution is 7.13. The number of aliphatic carboxylic acids is 1. The fourth-order valence-electron chi connectivity index (χ4n) is 2.66. The van der Waals surface area contributed by atoms with Crippen molar-refractivity contribution in [1.82, 2.24) is 15.1 Å². The molecule has 1 N–H and O–H groups in total. The van der Waals surface area contributed by atoms with Crippen LogP contribution in [0.2, 0.25) is 0 Å². The van der Waals surface area contributed by atoms with Crippen molar-refractivity contribution in [3.63, 3.8) is 0 Å². The Balaban J connectivity index is 1.68. The van der Waals surface area contributed by atoms with Gasteiger partial charge < -0.3 is 9.52 Å². The van der Waals surface area contributed by atoms with Gasteiger partial charge in [0.2, 0.25) is 5.89 Å². The van der Waals surface area contributed by atoms with Gasteiger partial charge in [0.1, 0.15) is 0 Å². The van der Waals surface area contributed by atoms with Crippen LogP contribution < -0.4 is 0 Å². The van der Waals surface area contributed by atoms with E-state index in [1.165, 1.54) is 0 Å². The van der Waals surface area contributed by atoms with E-state index in [1.807, 2.05) is 17.5 Å². The van der Waals surface area contributed by atoms with E-state index in [1.54, 1.807) is 18.3 Å². The first-order valence-electron chi connectivity index (χ1n) is 6.89. The Morgan fingerprint density at radius 1 is 1.57 bits per heavy atom. The molecular formula is C14H17N3O3S. The lowest BCUT2D eigenvalue weighted by molar-refractivity contribution is -0.151. The summed E-state index contributed by atoms with van der Waals surface area (Å²) in [6, 6.07) is 3.87. The Labute approximate surface area is 126 Å². The number of likely N-dealkylation sites (tertiary alicyclic amines) is 1. The number of carboxylic acid groups (broad SMARTS) is 1. The minimum Gasteiger partial charge on any atom is -0.481 e. The maximum atomic E-state index is 11.4. The lowest BCUT2D eigenvalue weighted by Gasteiger charge is -2.36. The van der Waals surface area contributed by atoms with E-state index in [-0.39, 0.29) is 0 Å². The summed E-state index contributed by atoms with van der Waals surface area (Å²) in [7, 11) is 0. The quantitative estimate of drug-likeness (QED) is 0.935. The van der Waals surface area contributed by atoms with Crippen molar-refractivity contribution in [2.45, 2.75) is 26.3 Å². The molecule has 1 aliphatic rings. The summed E-state index contributed by atoms with van der Waals surface area (Å²) >= 11 is 1.55. The zero-order chi connectivity index (χ0) is 14.9. The number of carboxylic acids is 1. The number of nitrogens with zero attached hydrogens (tertiary/aromatic N) is 3. The zero-order valence-corrected chi connectivity index (χ0v) is 12.6. The van der Waals surface area contributed by atoms with E-state index in [4.69, 9.17) is 4.42 Å². The van der Waals surface area contributed by atoms with Crippen molar-refractivity contribution in [2.75, 3.05) is 13.1 Å². The van der Waals surface area contributed by atoms with E-state index < -0.39 is 11.4 Å². The average molecular weight is 307 g/mol. The number of aromatic nitrogens is 2. The minimum atomic E-state index is -0.739. The average Bonchev–Trinajstić information content (AvgIpc) is 3.08. The van der Waals surface area contributed by atoms with Gasteiger partial charge in [-0.3, -0.25) is 9.69 Å². The van der Waals surface area contributed by atoms with Gasteiger partial charge in [-0.15, -0.1) is 21.5 Å². The summed E-state index contributed by atoms with van der Waals surface area (Å²) in [6.45, 7) is 3.67. The topological polar surface area (TPSA) is 79.5 Å². The van der Waals surface area contributed by atoms with Crippen LogP contribution in [0.4, 0.5) is 0 Å². The van der Waals surface area contributed by atoms with Crippen LogP contribution in [0.5, 0.6) is 0 Å². The fourth-order valence-corrected chi connectivity index (χ4v) is 3.31. The SMILES string of the molecule is CC1(C(=O)O)CCCN(Cc2nnc(-c3cccs3)o2)C1. The maximum Gasteiger partial charge on any atom is 0.310 e. The largest absolute Gasteiger partial charge is 0.481 e. The highest BCUT2D eigenvalue weighted by Crippen LogP contribution is 2.30. The molecule has 2 aromatic rings. The van der Waals surface area contributed by atoms with Gasteiger partial charge in [-0.25, -0.2) is 0 Å².